The number of aromatic nitrogens is 2. The van der Waals surface area contributed by atoms with Crippen LogP contribution in [0.15, 0.2) is 47.3 Å². The minimum absolute atomic E-state index is 0.0877. The molecule has 0 N–H and O–H groups in total. The molecule has 0 spiro atoms. The number of ether oxygens (including phenoxy) is 2. The molecule has 0 bridgehead atoms. The number of benzene rings is 1. The first-order valence-electron chi connectivity index (χ1n) is 7.79. The average molecular weight is 338 g/mol. The van der Waals surface area contributed by atoms with Crippen LogP contribution >= 0.6 is 0 Å². The molecule has 0 saturated carbocycles. The van der Waals surface area contributed by atoms with Crippen LogP contribution in [0.4, 0.5) is 0 Å². The fraction of sp³-hybridized carbons (Fsp3) is 0.211. The first-order chi connectivity index (χ1) is 12.0. The van der Waals surface area contributed by atoms with E-state index in [1.165, 1.54) is 17.6 Å². The number of pyridine rings is 1. The highest BCUT2D eigenvalue weighted by molar-refractivity contribution is 5.92. The summed E-state index contributed by atoms with van der Waals surface area (Å²) in [6.45, 7) is 3.62. The predicted octanol–water partition coefficient (Wildman–Crippen LogP) is 2.68. The van der Waals surface area contributed by atoms with Crippen molar-refractivity contribution in [1.29, 1.82) is 0 Å². The molecule has 2 heterocycles. The molecule has 0 radical (unpaired) electrons. The van der Waals surface area contributed by atoms with Gasteiger partial charge in [-0.15, -0.1) is 0 Å². The molecule has 0 aliphatic carbocycles. The normalized spacial score (nSPS) is 10.7. The molecule has 128 valence electrons. The molecule has 0 unspecified atom stereocenters. The van der Waals surface area contributed by atoms with E-state index in [1.807, 2.05) is 32.0 Å². The third kappa shape index (κ3) is 3.38. The van der Waals surface area contributed by atoms with Gasteiger partial charge in [-0.25, -0.2) is 9.78 Å². The summed E-state index contributed by atoms with van der Waals surface area (Å²) in [6.07, 6.45) is 0. The summed E-state index contributed by atoms with van der Waals surface area (Å²) >= 11 is 0. The van der Waals surface area contributed by atoms with E-state index >= 15 is 0 Å². The zero-order valence-electron chi connectivity index (χ0n) is 14.3. The second-order valence-corrected chi connectivity index (χ2v) is 5.73. The summed E-state index contributed by atoms with van der Waals surface area (Å²) in [7, 11) is 1.50. The van der Waals surface area contributed by atoms with E-state index in [0.717, 1.165) is 11.3 Å². The maximum atomic E-state index is 12.3. The van der Waals surface area contributed by atoms with Crippen molar-refractivity contribution >= 4 is 11.6 Å². The number of esters is 1. The van der Waals surface area contributed by atoms with Crippen molar-refractivity contribution in [3.05, 3.63) is 75.3 Å². The van der Waals surface area contributed by atoms with Gasteiger partial charge in [0.25, 0.3) is 5.56 Å². The number of nitrogens with zero attached hydrogens (tertiary/aromatic N) is 2. The van der Waals surface area contributed by atoms with Gasteiger partial charge in [0.2, 0.25) is 0 Å². The van der Waals surface area contributed by atoms with Gasteiger partial charge >= 0.3 is 5.97 Å². The first kappa shape index (κ1) is 16.7. The molecule has 0 aliphatic rings. The Balaban J connectivity index is 1.85. The molecule has 6 heteroatoms. The van der Waals surface area contributed by atoms with Crippen molar-refractivity contribution < 1.29 is 14.3 Å². The monoisotopic (exact) mass is 338 g/mol. The Morgan fingerprint density at radius 2 is 1.96 bits per heavy atom. The predicted molar refractivity (Wildman–Crippen MR) is 93.0 cm³/mol. The van der Waals surface area contributed by atoms with Crippen molar-refractivity contribution in [3.63, 3.8) is 0 Å². The Morgan fingerprint density at radius 3 is 2.72 bits per heavy atom. The average Bonchev–Trinajstić information content (AvgIpc) is 2.59. The molecule has 0 amide bonds. The Bertz CT molecular complexity index is 1010. The summed E-state index contributed by atoms with van der Waals surface area (Å²) in [5.74, 6) is -0.0791. The fourth-order valence-corrected chi connectivity index (χ4v) is 2.64. The molecule has 0 atom stereocenters. The van der Waals surface area contributed by atoms with Gasteiger partial charge in [0.1, 0.15) is 23.6 Å². The van der Waals surface area contributed by atoms with E-state index in [2.05, 4.69) is 4.98 Å². The Labute approximate surface area is 144 Å². The zero-order valence-corrected chi connectivity index (χ0v) is 14.3. The number of carbonyl (C=O) groups excluding carboxylic acids is 1. The lowest BCUT2D eigenvalue weighted by Gasteiger charge is -2.10. The van der Waals surface area contributed by atoms with Crippen molar-refractivity contribution in [2.24, 2.45) is 0 Å². The lowest BCUT2D eigenvalue weighted by Crippen LogP contribution is -2.18. The van der Waals surface area contributed by atoms with Gasteiger partial charge in [-0.3, -0.25) is 9.20 Å². The van der Waals surface area contributed by atoms with Crippen LogP contribution in [0.1, 0.15) is 27.3 Å². The van der Waals surface area contributed by atoms with E-state index in [1.54, 1.807) is 18.2 Å². The van der Waals surface area contributed by atoms with Crippen LogP contribution in [0.2, 0.25) is 0 Å². The third-order valence-electron chi connectivity index (χ3n) is 3.86. The molecule has 0 aliphatic heterocycles. The number of hydrogen-bond acceptors (Lipinski definition) is 5. The highest BCUT2D eigenvalue weighted by Gasteiger charge is 2.15. The summed E-state index contributed by atoms with van der Waals surface area (Å²) < 4.78 is 12.0. The molecule has 3 aromatic rings. The number of aryl methyl sites for hydroxylation is 2. The van der Waals surface area contributed by atoms with Crippen LogP contribution in [-0.4, -0.2) is 22.5 Å². The van der Waals surface area contributed by atoms with Crippen LogP contribution in [-0.2, 0) is 11.3 Å². The molecule has 25 heavy (non-hydrogen) atoms. The summed E-state index contributed by atoms with van der Waals surface area (Å²) in [4.78, 5) is 29.0. The molecular weight excluding hydrogens is 320 g/mol. The SMILES string of the molecule is COc1ccc(C)cc1C(=O)OCc1cc(=O)n2c(C)cccc2n1. The number of hydrogen-bond donors (Lipinski definition) is 0. The zero-order chi connectivity index (χ0) is 18.0. The lowest BCUT2D eigenvalue weighted by molar-refractivity contribution is 0.0464. The van der Waals surface area contributed by atoms with Gasteiger partial charge < -0.3 is 9.47 Å². The van der Waals surface area contributed by atoms with Gasteiger partial charge in [-0.05, 0) is 38.1 Å². The second kappa shape index (κ2) is 6.76. The number of carbonyl (C=O) groups is 1. The van der Waals surface area contributed by atoms with Crippen molar-refractivity contribution in [3.8, 4) is 5.75 Å². The minimum Gasteiger partial charge on any atom is -0.496 e. The largest absolute Gasteiger partial charge is 0.496 e. The maximum Gasteiger partial charge on any atom is 0.342 e. The molecule has 6 nitrogen and oxygen atoms in total. The van der Waals surface area contributed by atoms with E-state index in [4.69, 9.17) is 9.47 Å². The van der Waals surface area contributed by atoms with Gasteiger partial charge in [0, 0.05) is 11.8 Å². The summed E-state index contributed by atoms with van der Waals surface area (Å²) in [5, 5.41) is 0. The van der Waals surface area contributed by atoms with Gasteiger partial charge in [0.05, 0.1) is 12.8 Å². The number of methoxy groups -OCH3 is 1. The van der Waals surface area contributed by atoms with E-state index in [9.17, 15) is 9.59 Å². The first-order valence-corrected chi connectivity index (χ1v) is 7.79. The number of rotatable bonds is 4. The fourth-order valence-electron chi connectivity index (χ4n) is 2.64. The maximum absolute atomic E-state index is 12.3. The van der Waals surface area contributed by atoms with Crippen LogP contribution < -0.4 is 10.3 Å². The van der Waals surface area contributed by atoms with E-state index in [0.29, 0.717) is 22.7 Å². The highest BCUT2D eigenvalue weighted by Crippen LogP contribution is 2.21. The van der Waals surface area contributed by atoms with Crippen LogP contribution in [0.3, 0.4) is 0 Å². The molecule has 1 aromatic carbocycles. The molecule has 2 aromatic heterocycles. The standard InChI is InChI=1S/C19H18N2O4/c1-12-7-8-16(24-3)15(9-12)19(23)25-11-14-10-18(22)21-13(2)5-4-6-17(21)20-14/h4-10H,11H2,1-3H3. The quantitative estimate of drug-likeness (QED) is 0.684. The topological polar surface area (TPSA) is 69.9 Å². The molecule has 0 saturated heterocycles. The highest BCUT2D eigenvalue weighted by atomic mass is 16.5. The van der Waals surface area contributed by atoms with Crippen molar-refractivity contribution in [2.45, 2.75) is 20.5 Å². The lowest BCUT2D eigenvalue weighted by atomic mass is 10.1. The number of fused-ring (bicyclic) bond motifs is 1. The summed E-state index contributed by atoms with van der Waals surface area (Å²) in [6, 6.07) is 12.0. The van der Waals surface area contributed by atoms with Gasteiger partial charge in [-0.2, -0.15) is 0 Å². The Kier molecular flexibility index (Phi) is 4.52. The van der Waals surface area contributed by atoms with E-state index in [-0.39, 0.29) is 12.2 Å². The van der Waals surface area contributed by atoms with E-state index < -0.39 is 5.97 Å². The molecular formula is C19H18N2O4. The van der Waals surface area contributed by atoms with Crippen LogP contribution in [0, 0.1) is 13.8 Å². The Morgan fingerprint density at radius 1 is 1.16 bits per heavy atom. The third-order valence-corrected chi connectivity index (χ3v) is 3.86. The molecule has 3 rings (SSSR count). The van der Waals surface area contributed by atoms with Gasteiger partial charge in [0.15, 0.2) is 0 Å². The smallest absolute Gasteiger partial charge is 0.342 e. The van der Waals surface area contributed by atoms with Crippen molar-refractivity contribution in [2.75, 3.05) is 7.11 Å². The van der Waals surface area contributed by atoms with Gasteiger partial charge in [-0.1, -0.05) is 17.7 Å². The van der Waals surface area contributed by atoms with Crippen LogP contribution in [0.25, 0.3) is 5.65 Å². The minimum atomic E-state index is -0.521. The second-order valence-electron chi connectivity index (χ2n) is 5.73. The summed E-state index contributed by atoms with van der Waals surface area (Å²) in [5.41, 5.74) is 2.77. The molecule has 0 fully saturated rings. The van der Waals surface area contributed by atoms with Crippen molar-refractivity contribution in [1.82, 2.24) is 9.38 Å². The Hall–Kier alpha value is -3.15. The van der Waals surface area contributed by atoms with Crippen LogP contribution in [0.5, 0.6) is 5.75 Å².